The van der Waals surface area contributed by atoms with E-state index in [1.54, 1.807) is 6.08 Å². The number of rotatable bonds is 4. The third kappa shape index (κ3) is 3.02. The van der Waals surface area contributed by atoms with Crippen LogP contribution in [-0.4, -0.2) is 30.2 Å². The first-order valence-corrected chi connectivity index (χ1v) is 3.02. The quantitative estimate of drug-likeness (QED) is 0.415. The van der Waals surface area contributed by atoms with Crippen LogP contribution in [-0.2, 0) is 9.59 Å². The van der Waals surface area contributed by atoms with Gasteiger partial charge in [-0.3, -0.25) is 4.79 Å². The molecule has 0 fully saturated rings. The fraction of sp³-hybridized carbons (Fsp3) is 0.429. The SMILES string of the molecule is C=CCN(CC=O)C(C)=O. The van der Waals surface area contributed by atoms with Gasteiger partial charge < -0.3 is 9.69 Å². The monoisotopic (exact) mass is 141 g/mol. The van der Waals surface area contributed by atoms with Gasteiger partial charge in [0.2, 0.25) is 5.91 Å². The van der Waals surface area contributed by atoms with Crippen molar-refractivity contribution in [3.8, 4) is 0 Å². The summed E-state index contributed by atoms with van der Waals surface area (Å²) < 4.78 is 0. The lowest BCUT2D eigenvalue weighted by atomic mass is 10.4. The van der Waals surface area contributed by atoms with Gasteiger partial charge in [-0.25, -0.2) is 0 Å². The maximum atomic E-state index is 10.6. The fourth-order valence-corrected chi connectivity index (χ4v) is 0.577. The normalized spacial score (nSPS) is 8.50. The van der Waals surface area contributed by atoms with Gasteiger partial charge in [0.1, 0.15) is 6.29 Å². The summed E-state index contributed by atoms with van der Waals surface area (Å²) in [5.41, 5.74) is 0. The van der Waals surface area contributed by atoms with Crippen molar-refractivity contribution in [2.45, 2.75) is 6.92 Å². The lowest BCUT2D eigenvalue weighted by Crippen LogP contribution is -2.30. The van der Waals surface area contributed by atoms with E-state index < -0.39 is 0 Å². The maximum Gasteiger partial charge on any atom is 0.220 e. The molecular weight excluding hydrogens is 130 g/mol. The Hall–Kier alpha value is -1.12. The molecule has 0 aliphatic heterocycles. The number of carbonyl (C=O) groups excluding carboxylic acids is 2. The van der Waals surface area contributed by atoms with Crippen molar-refractivity contribution in [2.24, 2.45) is 0 Å². The second-order valence-corrected chi connectivity index (χ2v) is 1.88. The van der Waals surface area contributed by atoms with Crippen LogP contribution in [0.4, 0.5) is 0 Å². The Morgan fingerprint density at radius 2 is 2.20 bits per heavy atom. The van der Waals surface area contributed by atoms with Crippen molar-refractivity contribution in [3.05, 3.63) is 12.7 Å². The Morgan fingerprint density at radius 1 is 1.60 bits per heavy atom. The molecule has 0 aromatic rings. The Kier molecular flexibility index (Phi) is 4.20. The standard InChI is InChI=1S/C7H11NO2/c1-3-4-8(5-6-9)7(2)10/h3,6H,1,4-5H2,2H3. The summed E-state index contributed by atoms with van der Waals surface area (Å²) in [6.07, 6.45) is 2.29. The van der Waals surface area contributed by atoms with E-state index in [1.165, 1.54) is 11.8 Å². The molecule has 0 rings (SSSR count). The molecule has 0 aromatic heterocycles. The minimum atomic E-state index is -0.105. The van der Waals surface area contributed by atoms with Gasteiger partial charge in [0.15, 0.2) is 0 Å². The largest absolute Gasteiger partial charge is 0.332 e. The zero-order valence-electron chi connectivity index (χ0n) is 6.04. The minimum absolute atomic E-state index is 0.105. The van der Waals surface area contributed by atoms with Crippen LogP contribution >= 0.6 is 0 Å². The summed E-state index contributed by atoms with van der Waals surface area (Å²) in [7, 11) is 0. The van der Waals surface area contributed by atoms with Gasteiger partial charge in [-0.2, -0.15) is 0 Å². The van der Waals surface area contributed by atoms with Gasteiger partial charge in [-0.15, -0.1) is 6.58 Å². The van der Waals surface area contributed by atoms with Crippen molar-refractivity contribution in [2.75, 3.05) is 13.1 Å². The molecule has 1 amide bonds. The average molecular weight is 141 g/mol. The molecule has 10 heavy (non-hydrogen) atoms. The minimum Gasteiger partial charge on any atom is -0.332 e. The van der Waals surface area contributed by atoms with Crippen molar-refractivity contribution < 1.29 is 9.59 Å². The Morgan fingerprint density at radius 3 is 2.50 bits per heavy atom. The van der Waals surface area contributed by atoms with Crippen LogP contribution in [0.1, 0.15) is 6.92 Å². The summed E-state index contributed by atoms with van der Waals surface area (Å²) in [6, 6.07) is 0. The molecule has 0 N–H and O–H groups in total. The number of nitrogens with zero attached hydrogens (tertiary/aromatic N) is 1. The molecule has 0 aliphatic carbocycles. The second-order valence-electron chi connectivity index (χ2n) is 1.88. The molecule has 3 heteroatoms. The fourth-order valence-electron chi connectivity index (χ4n) is 0.577. The maximum absolute atomic E-state index is 10.6. The molecule has 0 radical (unpaired) electrons. The van der Waals surface area contributed by atoms with E-state index in [-0.39, 0.29) is 12.5 Å². The third-order valence-electron chi connectivity index (χ3n) is 1.09. The summed E-state index contributed by atoms with van der Waals surface area (Å²) in [6.45, 7) is 5.47. The van der Waals surface area contributed by atoms with E-state index in [4.69, 9.17) is 0 Å². The van der Waals surface area contributed by atoms with Gasteiger partial charge in [-0.05, 0) is 0 Å². The van der Waals surface area contributed by atoms with E-state index >= 15 is 0 Å². The van der Waals surface area contributed by atoms with Crippen LogP contribution in [0.2, 0.25) is 0 Å². The van der Waals surface area contributed by atoms with Gasteiger partial charge in [0, 0.05) is 13.5 Å². The number of amides is 1. The van der Waals surface area contributed by atoms with E-state index in [2.05, 4.69) is 6.58 Å². The lowest BCUT2D eigenvalue weighted by molar-refractivity contribution is -0.130. The predicted octanol–water partition coefficient (Wildman–Crippen LogP) is 0.220. The highest BCUT2D eigenvalue weighted by Crippen LogP contribution is 1.86. The first-order valence-electron chi connectivity index (χ1n) is 3.02. The highest BCUT2D eigenvalue weighted by Gasteiger charge is 2.03. The Bertz CT molecular complexity index is 133. The van der Waals surface area contributed by atoms with Gasteiger partial charge in [0.25, 0.3) is 0 Å². The van der Waals surface area contributed by atoms with Crippen LogP contribution in [0.3, 0.4) is 0 Å². The van der Waals surface area contributed by atoms with Gasteiger partial charge in [0.05, 0.1) is 6.54 Å². The zero-order valence-corrected chi connectivity index (χ0v) is 6.04. The molecule has 0 unspecified atom stereocenters. The predicted molar refractivity (Wildman–Crippen MR) is 38.5 cm³/mol. The van der Waals surface area contributed by atoms with Crippen molar-refractivity contribution in [1.29, 1.82) is 0 Å². The lowest BCUT2D eigenvalue weighted by Gasteiger charge is -2.14. The second kappa shape index (κ2) is 4.73. The molecule has 0 spiro atoms. The highest BCUT2D eigenvalue weighted by molar-refractivity contribution is 5.76. The van der Waals surface area contributed by atoms with E-state index in [9.17, 15) is 9.59 Å². The highest BCUT2D eigenvalue weighted by atomic mass is 16.2. The number of aldehydes is 1. The molecule has 0 aromatic carbocycles. The summed E-state index contributed by atoms with van der Waals surface area (Å²) in [4.78, 5) is 22.0. The third-order valence-corrected chi connectivity index (χ3v) is 1.09. The summed E-state index contributed by atoms with van der Waals surface area (Å²) in [5.74, 6) is -0.105. The molecule has 56 valence electrons. The van der Waals surface area contributed by atoms with Crippen molar-refractivity contribution in [3.63, 3.8) is 0 Å². The summed E-state index contributed by atoms with van der Waals surface area (Å²) >= 11 is 0. The van der Waals surface area contributed by atoms with Crippen LogP contribution in [0, 0.1) is 0 Å². The van der Waals surface area contributed by atoms with E-state index in [1.807, 2.05) is 0 Å². The van der Waals surface area contributed by atoms with Gasteiger partial charge in [-0.1, -0.05) is 6.08 Å². The molecule has 0 aliphatic rings. The Labute approximate surface area is 60.3 Å². The molecule has 0 heterocycles. The van der Waals surface area contributed by atoms with Crippen LogP contribution in [0.5, 0.6) is 0 Å². The van der Waals surface area contributed by atoms with Crippen molar-refractivity contribution >= 4 is 12.2 Å². The van der Waals surface area contributed by atoms with Gasteiger partial charge >= 0.3 is 0 Å². The molecule has 0 saturated heterocycles. The van der Waals surface area contributed by atoms with Crippen LogP contribution in [0.15, 0.2) is 12.7 Å². The smallest absolute Gasteiger partial charge is 0.220 e. The van der Waals surface area contributed by atoms with Crippen LogP contribution < -0.4 is 0 Å². The molecular formula is C7H11NO2. The number of hydrogen-bond donors (Lipinski definition) is 0. The molecule has 3 nitrogen and oxygen atoms in total. The summed E-state index contributed by atoms with van der Waals surface area (Å²) in [5, 5.41) is 0. The zero-order chi connectivity index (χ0) is 7.98. The molecule has 0 saturated carbocycles. The van der Waals surface area contributed by atoms with Crippen LogP contribution in [0.25, 0.3) is 0 Å². The first-order chi connectivity index (χ1) is 4.72. The first kappa shape index (κ1) is 8.88. The molecule has 0 bridgehead atoms. The number of hydrogen-bond acceptors (Lipinski definition) is 2. The van der Waals surface area contributed by atoms with Crippen molar-refractivity contribution in [1.82, 2.24) is 4.90 Å². The topological polar surface area (TPSA) is 37.4 Å². The molecule has 0 atom stereocenters. The average Bonchev–Trinajstić information content (AvgIpc) is 1.87. The van der Waals surface area contributed by atoms with E-state index in [0.29, 0.717) is 12.8 Å². The number of carbonyl (C=O) groups is 2. The van der Waals surface area contributed by atoms with E-state index in [0.717, 1.165) is 0 Å². The Balaban J connectivity index is 3.83.